The lowest BCUT2D eigenvalue weighted by atomic mass is 10.1. The molecule has 0 fully saturated rings. The SMILES string of the molecule is C=C[C@@H](C#CC#C[C@H](O)CCC)CC(=O)O. The molecule has 0 radical (unpaired) electrons. The van der Waals surface area contributed by atoms with Crippen LogP contribution in [0.3, 0.4) is 0 Å². The van der Waals surface area contributed by atoms with Gasteiger partial charge in [-0.15, -0.1) is 6.58 Å². The van der Waals surface area contributed by atoms with Crippen molar-refractivity contribution in [1.82, 2.24) is 0 Å². The summed E-state index contributed by atoms with van der Waals surface area (Å²) < 4.78 is 0. The first-order valence-corrected chi connectivity index (χ1v) is 5.13. The highest BCUT2D eigenvalue weighted by Gasteiger charge is 2.04. The van der Waals surface area contributed by atoms with E-state index < -0.39 is 18.0 Å². The summed E-state index contributed by atoms with van der Waals surface area (Å²) in [5.74, 6) is 8.95. The van der Waals surface area contributed by atoms with E-state index in [9.17, 15) is 9.90 Å². The first-order chi connectivity index (χ1) is 7.60. The Morgan fingerprint density at radius 1 is 1.44 bits per heavy atom. The largest absolute Gasteiger partial charge is 0.481 e. The molecule has 2 atom stereocenters. The summed E-state index contributed by atoms with van der Waals surface area (Å²) in [5, 5.41) is 17.8. The molecule has 0 unspecified atom stereocenters. The first kappa shape index (κ1) is 14.3. The van der Waals surface area contributed by atoms with Gasteiger partial charge in [-0.1, -0.05) is 31.3 Å². The molecule has 0 saturated heterocycles. The van der Waals surface area contributed by atoms with Crippen LogP contribution in [0.1, 0.15) is 26.2 Å². The van der Waals surface area contributed by atoms with Gasteiger partial charge in [0.15, 0.2) is 0 Å². The second-order valence-corrected chi connectivity index (χ2v) is 3.28. The minimum Gasteiger partial charge on any atom is -0.481 e. The number of hydrogen-bond acceptors (Lipinski definition) is 2. The molecule has 0 aliphatic rings. The lowest BCUT2D eigenvalue weighted by Crippen LogP contribution is -2.02. The molecule has 0 aliphatic carbocycles. The molecule has 0 bridgehead atoms. The molecule has 3 heteroatoms. The Bertz CT molecular complexity index is 349. The zero-order valence-electron chi connectivity index (χ0n) is 9.36. The number of rotatable bonds is 5. The number of aliphatic hydroxyl groups is 1. The monoisotopic (exact) mass is 220 g/mol. The van der Waals surface area contributed by atoms with Crippen LogP contribution >= 0.6 is 0 Å². The van der Waals surface area contributed by atoms with E-state index in [0.29, 0.717) is 6.42 Å². The van der Waals surface area contributed by atoms with Crippen LogP contribution < -0.4 is 0 Å². The lowest BCUT2D eigenvalue weighted by molar-refractivity contribution is -0.137. The predicted molar refractivity (Wildman–Crippen MR) is 62.4 cm³/mol. The topological polar surface area (TPSA) is 57.5 Å². The van der Waals surface area contributed by atoms with Crippen LogP contribution in [0.5, 0.6) is 0 Å². The molecule has 0 aromatic heterocycles. The van der Waals surface area contributed by atoms with Crippen molar-refractivity contribution >= 4 is 5.97 Å². The van der Waals surface area contributed by atoms with Crippen LogP contribution in [0.2, 0.25) is 0 Å². The number of hydrogen-bond donors (Lipinski definition) is 2. The van der Waals surface area contributed by atoms with Gasteiger partial charge in [0.2, 0.25) is 0 Å². The van der Waals surface area contributed by atoms with Gasteiger partial charge in [-0.2, -0.15) is 0 Å². The highest BCUT2D eigenvalue weighted by molar-refractivity contribution is 5.68. The van der Waals surface area contributed by atoms with Gasteiger partial charge in [-0.25, -0.2) is 0 Å². The fourth-order valence-electron chi connectivity index (χ4n) is 0.975. The summed E-state index contributed by atoms with van der Waals surface area (Å²) in [6.07, 6.45) is 2.23. The van der Waals surface area contributed by atoms with E-state index in [0.717, 1.165) is 6.42 Å². The molecule has 0 saturated carbocycles. The maximum Gasteiger partial charge on any atom is 0.304 e. The predicted octanol–water partition coefficient (Wildman–Crippen LogP) is 1.43. The minimum absolute atomic E-state index is 0.0737. The molecular formula is C13H16O3. The van der Waals surface area contributed by atoms with Gasteiger partial charge in [0.05, 0.1) is 6.42 Å². The average Bonchev–Trinajstić information content (AvgIpc) is 2.22. The Hall–Kier alpha value is -1.71. The maximum absolute atomic E-state index is 10.4. The molecule has 0 heterocycles. The van der Waals surface area contributed by atoms with Crippen LogP contribution in [-0.4, -0.2) is 22.3 Å². The van der Waals surface area contributed by atoms with Crippen molar-refractivity contribution in [3.05, 3.63) is 12.7 Å². The van der Waals surface area contributed by atoms with Crippen molar-refractivity contribution in [1.29, 1.82) is 0 Å². The second kappa shape index (κ2) is 8.59. The summed E-state index contributed by atoms with van der Waals surface area (Å²) in [7, 11) is 0. The summed E-state index contributed by atoms with van der Waals surface area (Å²) in [6, 6.07) is 0. The fourth-order valence-corrected chi connectivity index (χ4v) is 0.975. The number of aliphatic carboxylic acids is 1. The van der Waals surface area contributed by atoms with E-state index >= 15 is 0 Å². The van der Waals surface area contributed by atoms with Crippen molar-refractivity contribution in [3.63, 3.8) is 0 Å². The average molecular weight is 220 g/mol. The third-order valence-corrected chi connectivity index (χ3v) is 1.80. The van der Waals surface area contributed by atoms with E-state index in [4.69, 9.17) is 5.11 Å². The molecule has 0 spiro atoms. The van der Waals surface area contributed by atoms with Gasteiger partial charge < -0.3 is 10.2 Å². The van der Waals surface area contributed by atoms with E-state index in [1.54, 1.807) is 0 Å². The maximum atomic E-state index is 10.4. The van der Waals surface area contributed by atoms with E-state index in [2.05, 4.69) is 30.3 Å². The van der Waals surface area contributed by atoms with Crippen molar-refractivity contribution in [3.8, 4) is 23.7 Å². The van der Waals surface area contributed by atoms with Crippen LogP contribution in [0.25, 0.3) is 0 Å². The highest BCUT2D eigenvalue weighted by Crippen LogP contribution is 2.01. The standard InChI is InChI=1S/C13H16O3/c1-3-7-12(14)9-6-5-8-11(4-2)10-13(15)16/h4,11-12,14H,2-3,7,10H2,1H3,(H,15,16)/t11-,12+/m0/s1. The smallest absolute Gasteiger partial charge is 0.304 e. The second-order valence-electron chi connectivity index (χ2n) is 3.28. The Morgan fingerprint density at radius 2 is 2.06 bits per heavy atom. The minimum atomic E-state index is -0.918. The van der Waals surface area contributed by atoms with E-state index in [-0.39, 0.29) is 6.42 Å². The van der Waals surface area contributed by atoms with Crippen molar-refractivity contribution < 1.29 is 15.0 Å². The highest BCUT2D eigenvalue weighted by atomic mass is 16.4. The molecule has 2 N–H and O–H groups in total. The number of carboxylic acid groups (broad SMARTS) is 1. The van der Waals surface area contributed by atoms with Gasteiger partial charge in [-0.3, -0.25) is 4.79 Å². The first-order valence-electron chi connectivity index (χ1n) is 5.13. The normalized spacial score (nSPS) is 12.4. The van der Waals surface area contributed by atoms with Crippen LogP contribution in [-0.2, 0) is 4.79 Å². The molecule has 16 heavy (non-hydrogen) atoms. The fraction of sp³-hybridized carbons (Fsp3) is 0.462. The molecular weight excluding hydrogens is 204 g/mol. The Morgan fingerprint density at radius 3 is 2.56 bits per heavy atom. The van der Waals surface area contributed by atoms with Crippen LogP contribution in [0.4, 0.5) is 0 Å². The van der Waals surface area contributed by atoms with Crippen LogP contribution in [0, 0.1) is 29.6 Å². The zero-order valence-corrected chi connectivity index (χ0v) is 9.36. The summed E-state index contributed by atoms with van der Waals surface area (Å²) in [5.41, 5.74) is 0. The van der Waals surface area contributed by atoms with Crippen LogP contribution in [0.15, 0.2) is 12.7 Å². The van der Waals surface area contributed by atoms with Crippen molar-refractivity contribution in [2.45, 2.75) is 32.3 Å². The molecule has 86 valence electrons. The quantitative estimate of drug-likeness (QED) is 0.544. The molecule has 0 aromatic rings. The molecule has 0 aliphatic heterocycles. The number of carboxylic acids is 1. The van der Waals surface area contributed by atoms with Gasteiger partial charge in [0.25, 0.3) is 0 Å². The Labute approximate surface area is 96.2 Å². The van der Waals surface area contributed by atoms with Gasteiger partial charge in [0, 0.05) is 5.92 Å². The van der Waals surface area contributed by atoms with Gasteiger partial charge in [0.1, 0.15) is 6.10 Å². The molecule has 0 amide bonds. The lowest BCUT2D eigenvalue weighted by Gasteiger charge is -1.97. The molecule has 0 aromatic carbocycles. The Balaban J connectivity index is 4.25. The zero-order chi connectivity index (χ0) is 12.4. The van der Waals surface area contributed by atoms with Crippen molar-refractivity contribution in [2.24, 2.45) is 5.92 Å². The Kier molecular flexibility index (Phi) is 7.67. The third kappa shape index (κ3) is 7.67. The third-order valence-electron chi connectivity index (χ3n) is 1.80. The summed E-state index contributed by atoms with van der Waals surface area (Å²) >= 11 is 0. The van der Waals surface area contributed by atoms with Gasteiger partial charge >= 0.3 is 5.97 Å². The number of allylic oxidation sites excluding steroid dienone is 1. The number of aliphatic hydroxyl groups excluding tert-OH is 1. The molecule has 0 rings (SSSR count). The van der Waals surface area contributed by atoms with Gasteiger partial charge in [-0.05, 0) is 18.3 Å². The van der Waals surface area contributed by atoms with Crippen molar-refractivity contribution in [2.75, 3.05) is 0 Å². The number of carbonyl (C=O) groups is 1. The van der Waals surface area contributed by atoms with E-state index in [1.807, 2.05) is 6.92 Å². The summed E-state index contributed by atoms with van der Waals surface area (Å²) in [4.78, 5) is 10.4. The summed E-state index contributed by atoms with van der Waals surface area (Å²) in [6.45, 7) is 5.45. The van der Waals surface area contributed by atoms with E-state index in [1.165, 1.54) is 6.08 Å². The molecule has 3 nitrogen and oxygen atoms in total.